The van der Waals surface area contributed by atoms with Crippen LogP contribution < -0.4 is 19.5 Å². The van der Waals surface area contributed by atoms with E-state index in [1.165, 1.54) is 44.6 Å². The third-order valence-corrected chi connectivity index (χ3v) is 5.38. The molecule has 0 fully saturated rings. The first kappa shape index (κ1) is 18.9. The van der Waals surface area contributed by atoms with E-state index in [1.807, 2.05) is 0 Å². The molecular formula is C16H17ClN2O5S. The fourth-order valence-electron chi connectivity index (χ4n) is 2.17. The highest BCUT2D eigenvalue weighted by Crippen LogP contribution is 2.35. The van der Waals surface area contributed by atoms with Gasteiger partial charge in [-0.15, -0.1) is 0 Å². The summed E-state index contributed by atoms with van der Waals surface area (Å²) in [4.78, 5) is 11.5. The van der Waals surface area contributed by atoms with Crippen LogP contribution in [0.5, 0.6) is 11.5 Å². The number of nitrogens with two attached hydrogens (primary N) is 1. The number of hydrogen-bond donors (Lipinski definition) is 1. The number of anilines is 1. The molecule has 0 saturated carbocycles. The average molecular weight is 385 g/mol. The van der Waals surface area contributed by atoms with Crippen LogP contribution in [0, 0.1) is 0 Å². The van der Waals surface area contributed by atoms with Crippen molar-refractivity contribution in [3.8, 4) is 11.5 Å². The Morgan fingerprint density at radius 2 is 1.76 bits per heavy atom. The van der Waals surface area contributed by atoms with Gasteiger partial charge in [0.15, 0.2) is 0 Å². The number of amides is 1. The molecule has 0 aliphatic heterocycles. The predicted octanol–water partition coefficient (Wildman–Crippen LogP) is 2.04. The first-order valence-corrected chi connectivity index (χ1v) is 8.90. The molecule has 0 bridgehead atoms. The van der Waals surface area contributed by atoms with E-state index < -0.39 is 22.5 Å². The van der Waals surface area contributed by atoms with E-state index in [4.69, 9.17) is 26.8 Å². The first-order chi connectivity index (χ1) is 11.8. The van der Waals surface area contributed by atoms with E-state index in [1.54, 1.807) is 12.1 Å². The summed E-state index contributed by atoms with van der Waals surface area (Å²) in [5, 5.41) is 0.388. The van der Waals surface area contributed by atoms with Gasteiger partial charge in [-0.3, -0.25) is 9.10 Å². The highest BCUT2D eigenvalue weighted by atomic mass is 35.5. The monoisotopic (exact) mass is 384 g/mol. The third-order valence-electron chi connectivity index (χ3n) is 3.36. The van der Waals surface area contributed by atoms with Crippen molar-refractivity contribution in [2.24, 2.45) is 5.73 Å². The summed E-state index contributed by atoms with van der Waals surface area (Å²) in [6.45, 7) is -0.561. The van der Waals surface area contributed by atoms with Crippen molar-refractivity contribution in [2.75, 3.05) is 25.1 Å². The zero-order chi connectivity index (χ0) is 18.6. The third kappa shape index (κ3) is 4.15. The van der Waals surface area contributed by atoms with E-state index in [9.17, 15) is 13.2 Å². The van der Waals surface area contributed by atoms with Crippen LogP contribution >= 0.6 is 11.6 Å². The van der Waals surface area contributed by atoms with Crippen LogP contribution in [0.4, 0.5) is 5.69 Å². The van der Waals surface area contributed by atoms with Gasteiger partial charge < -0.3 is 15.2 Å². The summed E-state index contributed by atoms with van der Waals surface area (Å²) in [6.07, 6.45) is 0. The first-order valence-electron chi connectivity index (χ1n) is 7.08. The second kappa shape index (κ2) is 7.62. The van der Waals surface area contributed by atoms with Crippen LogP contribution in [0.3, 0.4) is 0 Å². The normalized spacial score (nSPS) is 11.0. The standard InChI is InChI=1S/C16H17ClN2O5S/c1-23-12-5-8-15(24-2)14(9-12)19(10-16(18)20)25(21,22)13-6-3-11(17)4-7-13/h3-9H,10H2,1-2H3,(H2,18,20). The fraction of sp³-hybridized carbons (Fsp3) is 0.188. The summed E-state index contributed by atoms with van der Waals surface area (Å²) in [7, 11) is -1.25. The van der Waals surface area contributed by atoms with Gasteiger partial charge in [-0.25, -0.2) is 8.42 Å². The molecule has 2 N–H and O–H groups in total. The van der Waals surface area contributed by atoms with E-state index in [2.05, 4.69) is 0 Å². The van der Waals surface area contributed by atoms with Crippen LogP contribution in [-0.4, -0.2) is 35.1 Å². The second-order valence-electron chi connectivity index (χ2n) is 4.97. The maximum absolute atomic E-state index is 13.0. The largest absolute Gasteiger partial charge is 0.497 e. The number of nitrogens with zero attached hydrogens (tertiary/aromatic N) is 1. The van der Waals surface area contributed by atoms with Crippen LogP contribution in [0.1, 0.15) is 0 Å². The Hall–Kier alpha value is -2.45. The Morgan fingerprint density at radius 1 is 1.12 bits per heavy atom. The quantitative estimate of drug-likeness (QED) is 0.787. The summed E-state index contributed by atoms with van der Waals surface area (Å²) < 4.78 is 37.3. The molecule has 0 aliphatic rings. The van der Waals surface area contributed by atoms with Gasteiger partial charge in [0.2, 0.25) is 5.91 Å². The molecule has 134 valence electrons. The molecule has 0 radical (unpaired) electrons. The van der Waals surface area contributed by atoms with Crippen LogP contribution in [-0.2, 0) is 14.8 Å². The molecule has 0 heterocycles. The van der Waals surface area contributed by atoms with E-state index in [0.717, 1.165) is 4.31 Å². The lowest BCUT2D eigenvalue weighted by Gasteiger charge is -2.25. The van der Waals surface area contributed by atoms with Crippen molar-refractivity contribution in [1.82, 2.24) is 0 Å². The molecule has 9 heteroatoms. The highest BCUT2D eigenvalue weighted by molar-refractivity contribution is 7.92. The lowest BCUT2D eigenvalue weighted by atomic mass is 10.2. The second-order valence-corrected chi connectivity index (χ2v) is 7.27. The van der Waals surface area contributed by atoms with Gasteiger partial charge in [-0.1, -0.05) is 11.6 Å². The van der Waals surface area contributed by atoms with Crippen molar-refractivity contribution in [3.63, 3.8) is 0 Å². The molecule has 2 aromatic carbocycles. The van der Waals surface area contributed by atoms with Crippen LogP contribution in [0.25, 0.3) is 0 Å². The summed E-state index contributed by atoms with van der Waals surface area (Å²) >= 11 is 5.81. The minimum atomic E-state index is -4.09. The number of methoxy groups -OCH3 is 2. The summed E-state index contributed by atoms with van der Waals surface area (Å²) in [5.41, 5.74) is 5.39. The van der Waals surface area contributed by atoms with Gasteiger partial charge in [0.25, 0.3) is 10.0 Å². The van der Waals surface area contributed by atoms with Crippen molar-refractivity contribution in [1.29, 1.82) is 0 Å². The summed E-state index contributed by atoms with van der Waals surface area (Å²) in [6, 6.07) is 10.2. The minimum absolute atomic E-state index is 0.0389. The van der Waals surface area contributed by atoms with Crippen molar-refractivity contribution in [2.45, 2.75) is 4.90 Å². The zero-order valence-electron chi connectivity index (χ0n) is 13.6. The van der Waals surface area contributed by atoms with E-state index >= 15 is 0 Å². The smallest absolute Gasteiger partial charge is 0.264 e. The fourth-order valence-corrected chi connectivity index (χ4v) is 3.73. The van der Waals surface area contributed by atoms with Crippen LogP contribution in [0.2, 0.25) is 5.02 Å². The molecule has 0 aromatic heterocycles. The molecule has 25 heavy (non-hydrogen) atoms. The number of benzene rings is 2. The Labute approximate surface area is 151 Å². The number of halogens is 1. The zero-order valence-corrected chi connectivity index (χ0v) is 15.2. The lowest BCUT2D eigenvalue weighted by Crippen LogP contribution is -2.38. The Bertz CT molecular complexity index is 869. The molecule has 2 aromatic rings. The van der Waals surface area contributed by atoms with Crippen molar-refractivity contribution < 1.29 is 22.7 Å². The number of hydrogen-bond acceptors (Lipinski definition) is 5. The molecule has 0 unspecified atom stereocenters. The van der Waals surface area contributed by atoms with Gasteiger partial charge in [0.1, 0.15) is 18.0 Å². The topological polar surface area (TPSA) is 98.9 Å². The molecule has 0 saturated heterocycles. The summed E-state index contributed by atoms with van der Waals surface area (Å²) in [5.74, 6) is -0.168. The molecule has 7 nitrogen and oxygen atoms in total. The number of primary amides is 1. The molecule has 2 rings (SSSR count). The number of rotatable bonds is 7. The number of ether oxygens (including phenoxy) is 2. The van der Waals surface area contributed by atoms with Crippen molar-refractivity contribution in [3.05, 3.63) is 47.5 Å². The van der Waals surface area contributed by atoms with Gasteiger partial charge >= 0.3 is 0 Å². The number of carbonyl (C=O) groups is 1. The molecule has 0 aliphatic carbocycles. The Kier molecular flexibility index (Phi) is 5.76. The lowest BCUT2D eigenvalue weighted by molar-refractivity contribution is -0.116. The number of sulfonamides is 1. The number of carbonyl (C=O) groups excluding carboxylic acids is 1. The SMILES string of the molecule is COc1ccc(OC)c(N(CC(N)=O)S(=O)(=O)c2ccc(Cl)cc2)c1. The Balaban J connectivity index is 2.64. The average Bonchev–Trinajstić information content (AvgIpc) is 2.59. The van der Waals surface area contributed by atoms with Gasteiger partial charge in [0, 0.05) is 11.1 Å². The Morgan fingerprint density at radius 3 is 2.28 bits per heavy atom. The van der Waals surface area contributed by atoms with Crippen LogP contribution in [0.15, 0.2) is 47.4 Å². The van der Waals surface area contributed by atoms with Gasteiger partial charge in [-0.05, 0) is 36.4 Å². The maximum atomic E-state index is 13.0. The molecule has 1 amide bonds. The van der Waals surface area contributed by atoms with Crippen molar-refractivity contribution >= 4 is 33.2 Å². The highest BCUT2D eigenvalue weighted by Gasteiger charge is 2.29. The van der Waals surface area contributed by atoms with Gasteiger partial charge in [0.05, 0.1) is 24.8 Å². The predicted molar refractivity (Wildman–Crippen MR) is 94.7 cm³/mol. The van der Waals surface area contributed by atoms with E-state index in [0.29, 0.717) is 10.8 Å². The van der Waals surface area contributed by atoms with Gasteiger partial charge in [-0.2, -0.15) is 0 Å². The molecular weight excluding hydrogens is 368 g/mol. The maximum Gasteiger partial charge on any atom is 0.264 e. The molecule has 0 spiro atoms. The minimum Gasteiger partial charge on any atom is -0.497 e. The molecule has 0 atom stereocenters. The van der Waals surface area contributed by atoms with E-state index in [-0.39, 0.29) is 16.3 Å².